The number of carbonyl (C=O) groups is 1. The molecule has 1 heterocycles. The van der Waals surface area contributed by atoms with Crippen LogP contribution in [-0.4, -0.2) is 5.91 Å². The molecule has 5 heteroatoms. The second-order valence-corrected chi connectivity index (χ2v) is 6.83. The third-order valence-corrected chi connectivity index (χ3v) is 4.48. The smallest absolute Gasteiger partial charge is 0.231 e. The number of hydrogen-bond donors (Lipinski definition) is 0. The maximum Gasteiger partial charge on any atom is 0.231 e. The van der Waals surface area contributed by atoms with Crippen LogP contribution in [0.15, 0.2) is 40.9 Å². The Balaban J connectivity index is 1.96. The minimum absolute atomic E-state index is 0.0152. The van der Waals surface area contributed by atoms with E-state index in [4.69, 9.17) is 0 Å². The number of benzene rings is 2. The monoisotopic (exact) mass is 445 g/mol. The molecule has 2 nitrogen and oxygen atoms in total. The third kappa shape index (κ3) is 2.61. The lowest BCUT2D eigenvalue weighted by atomic mass is 10.1. The van der Waals surface area contributed by atoms with E-state index in [1.54, 1.807) is 17.0 Å². The summed E-state index contributed by atoms with van der Waals surface area (Å²) in [4.78, 5) is 13.8. The van der Waals surface area contributed by atoms with Gasteiger partial charge in [-0.25, -0.2) is 4.39 Å². The zero-order valence-electron chi connectivity index (χ0n) is 10.4. The molecule has 0 bridgehead atoms. The Kier molecular flexibility index (Phi) is 3.81. The first kappa shape index (κ1) is 14.0. The van der Waals surface area contributed by atoms with Crippen molar-refractivity contribution in [3.63, 3.8) is 0 Å². The Morgan fingerprint density at radius 1 is 1.25 bits per heavy atom. The van der Waals surface area contributed by atoms with Crippen molar-refractivity contribution in [1.29, 1.82) is 0 Å². The van der Waals surface area contributed by atoms with E-state index in [-0.39, 0.29) is 18.3 Å². The minimum Gasteiger partial charge on any atom is -0.307 e. The van der Waals surface area contributed by atoms with Crippen LogP contribution >= 0.6 is 38.5 Å². The van der Waals surface area contributed by atoms with Crippen LogP contribution in [0.2, 0.25) is 0 Å². The van der Waals surface area contributed by atoms with E-state index in [0.717, 1.165) is 19.3 Å². The first-order valence-electron chi connectivity index (χ1n) is 6.07. The Hall–Kier alpha value is -0.950. The van der Waals surface area contributed by atoms with Crippen molar-refractivity contribution < 1.29 is 9.18 Å². The van der Waals surface area contributed by atoms with Crippen LogP contribution in [-0.2, 0) is 17.8 Å². The largest absolute Gasteiger partial charge is 0.307 e. The van der Waals surface area contributed by atoms with E-state index in [1.165, 1.54) is 6.07 Å². The van der Waals surface area contributed by atoms with Crippen molar-refractivity contribution in [3.8, 4) is 0 Å². The lowest BCUT2D eigenvalue weighted by Crippen LogP contribution is -2.26. The molecule has 0 fully saturated rings. The summed E-state index contributed by atoms with van der Waals surface area (Å²) in [6.45, 7) is 0.262. The maximum absolute atomic E-state index is 13.8. The number of fused-ring (bicyclic) bond motifs is 1. The summed E-state index contributed by atoms with van der Waals surface area (Å²) in [6.07, 6.45) is 0.391. The molecule has 0 N–H and O–H groups in total. The van der Waals surface area contributed by atoms with Crippen molar-refractivity contribution in [1.82, 2.24) is 0 Å². The van der Waals surface area contributed by atoms with E-state index in [1.807, 2.05) is 18.2 Å². The third-order valence-electron chi connectivity index (χ3n) is 3.31. The summed E-state index contributed by atoms with van der Waals surface area (Å²) in [7, 11) is 0. The van der Waals surface area contributed by atoms with Crippen LogP contribution in [0.4, 0.5) is 10.1 Å². The molecule has 0 radical (unpaired) electrons. The van der Waals surface area contributed by atoms with Gasteiger partial charge in [-0.3, -0.25) is 4.79 Å². The average molecular weight is 446 g/mol. The Morgan fingerprint density at radius 2 is 2.05 bits per heavy atom. The first-order valence-corrected chi connectivity index (χ1v) is 7.94. The summed E-state index contributed by atoms with van der Waals surface area (Å²) in [5.74, 6) is -0.277. The number of rotatable bonds is 2. The summed E-state index contributed by atoms with van der Waals surface area (Å²) < 4.78 is 15.7. The minimum atomic E-state index is -0.292. The van der Waals surface area contributed by atoms with Crippen LogP contribution in [0.25, 0.3) is 0 Å². The van der Waals surface area contributed by atoms with Gasteiger partial charge < -0.3 is 4.90 Å². The molecule has 0 aromatic heterocycles. The molecule has 20 heavy (non-hydrogen) atoms. The molecular formula is C15H10BrFINO. The van der Waals surface area contributed by atoms with Gasteiger partial charge in [0.2, 0.25) is 5.91 Å². The molecular weight excluding hydrogens is 436 g/mol. The van der Waals surface area contributed by atoms with Crippen LogP contribution < -0.4 is 4.90 Å². The van der Waals surface area contributed by atoms with Gasteiger partial charge in [-0.1, -0.05) is 15.9 Å². The first-order chi connectivity index (χ1) is 9.54. The average Bonchev–Trinajstić information content (AvgIpc) is 2.69. The summed E-state index contributed by atoms with van der Waals surface area (Å²) >= 11 is 5.56. The van der Waals surface area contributed by atoms with Gasteiger partial charge in [-0.15, -0.1) is 0 Å². The van der Waals surface area contributed by atoms with E-state index >= 15 is 0 Å². The van der Waals surface area contributed by atoms with Gasteiger partial charge in [-0.05, 0) is 64.6 Å². The van der Waals surface area contributed by atoms with Crippen molar-refractivity contribution in [2.24, 2.45) is 0 Å². The lowest BCUT2D eigenvalue weighted by Gasteiger charge is -2.18. The number of carbonyl (C=O) groups excluding carboxylic acids is 1. The normalized spacial score (nSPS) is 13.8. The fourth-order valence-corrected chi connectivity index (χ4v) is 3.32. The molecule has 0 unspecified atom stereocenters. The highest BCUT2D eigenvalue weighted by Crippen LogP contribution is 2.32. The highest BCUT2D eigenvalue weighted by Gasteiger charge is 2.27. The molecule has 1 amide bonds. The standard InChI is InChI=1S/C15H10BrFINO/c16-11-1-3-13(17)10(5-11)8-19-14-4-2-12(18)6-9(14)7-15(19)20/h1-6H,7-8H2. The van der Waals surface area contributed by atoms with Gasteiger partial charge in [0, 0.05) is 19.3 Å². The Labute approximate surface area is 138 Å². The lowest BCUT2D eigenvalue weighted by molar-refractivity contribution is -0.117. The van der Waals surface area contributed by atoms with Crippen molar-refractivity contribution >= 4 is 50.1 Å². The van der Waals surface area contributed by atoms with Crippen molar-refractivity contribution in [3.05, 3.63) is 61.4 Å². The summed E-state index contributed by atoms with van der Waals surface area (Å²) in [5, 5.41) is 0. The highest BCUT2D eigenvalue weighted by atomic mass is 127. The quantitative estimate of drug-likeness (QED) is 0.632. The number of hydrogen-bond acceptors (Lipinski definition) is 1. The second-order valence-electron chi connectivity index (χ2n) is 4.67. The fraction of sp³-hybridized carbons (Fsp3) is 0.133. The topological polar surface area (TPSA) is 20.3 Å². The predicted octanol–water partition coefficient (Wildman–Crippen LogP) is 4.28. The highest BCUT2D eigenvalue weighted by molar-refractivity contribution is 14.1. The molecule has 0 spiro atoms. The summed E-state index contributed by atoms with van der Waals surface area (Å²) in [6, 6.07) is 10.7. The van der Waals surface area contributed by atoms with E-state index in [0.29, 0.717) is 12.0 Å². The number of anilines is 1. The summed E-state index contributed by atoms with van der Waals surface area (Å²) in [5.41, 5.74) is 2.41. The van der Waals surface area contributed by atoms with Crippen LogP contribution in [0.1, 0.15) is 11.1 Å². The van der Waals surface area contributed by atoms with E-state index < -0.39 is 0 Å². The zero-order valence-corrected chi connectivity index (χ0v) is 14.1. The van der Waals surface area contributed by atoms with Gasteiger partial charge in [0.1, 0.15) is 5.82 Å². The van der Waals surface area contributed by atoms with Gasteiger partial charge in [-0.2, -0.15) is 0 Å². The van der Waals surface area contributed by atoms with E-state index in [9.17, 15) is 9.18 Å². The predicted molar refractivity (Wildman–Crippen MR) is 88.2 cm³/mol. The van der Waals surface area contributed by atoms with Crippen molar-refractivity contribution in [2.45, 2.75) is 13.0 Å². The van der Waals surface area contributed by atoms with Gasteiger partial charge in [0.25, 0.3) is 0 Å². The van der Waals surface area contributed by atoms with Crippen LogP contribution in [0.5, 0.6) is 0 Å². The van der Waals surface area contributed by atoms with Crippen molar-refractivity contribution in [2.75, 3.05) is 4.90 Å². The van der Waals surface area contributed by atoms with Gasteiger partial charge in [0.15, 0.2) is 0 Å². The number of halogens is 3. The molecule has 2 aromatic rings. The molecule has 2 aromatic carbocycles. The molecule has 0 aliphatic carbocycles. The molecule has 0 saturated carbocycles. The molecule has 1 aliphatic heterocycles. The SMILES string of the molecule is O=C1Cc2cc(I)ccc2N1Cc1cc(Br)ccc1F. The number of amides is 1. The molecule has 0 saturated heterocycles. The molecule has 1 aliphatic rings. The maximum atomic E-state index is 13.8. The zero-order chi connectivity index (χ0) is 14.3. The fourth-order valence-electron chi connectivity index (χ4n) is 2.36. The molecule has 102 valence electrons. The van der Waals surface area contributed by atoms with Gasteiger partial charge >= 0.3 is 0 Å². The second kappa shape index (κ2) is 5.44. The van der Waals surface area contributed by atoms with Crippen LogP contribution in [0, 0.1) is 9.39 Å². The molecule has 0 atom stereocenters. The Morgan fingerprint density at radius 3 is 2.85 bits per heavy atom. The Bertz CT molecular complexity index is 704. The molecule has 3 rings (SSSR count). The van der Waals surface area contributed by atoms with Gasteiger partial charge in [0.05, 0.1) is 13.0 Å². The van der Waals surface area contributed by atoms with E-state index in [2.05, 4.69) is 38.5 Å². The van der Waals surface area contributed by atoms with Crippen LogP contribution in [0.3, 0.4) is 0 Å². The number of nitrogens with zero attached hydrogens (tertiary/aromatic N) is 1.